The van der Waals surface area contributed by atoms with Gasteiger partial charge in [0.1, 0.15) is 11.8 Å². The van der Waals surface area contributed by atoms with Crippen LogP contribution in [0.4, 0.5) is 4.79 Å². The van der Waals surface area contributed by atoms with Gasteiger partial charge < -0.3 is 9.64 Å². The fraction of sp³-hybridized carbons (Fsp3) is 0.294. The first-order valence-corrected chi connectivity index (χ1v) is 7.70. The zero-order chi connectivity index (χ0) is 15.4. The molecule has 1 unspecified atom stereocenters. The molecule has 5 heteroatoms. The minimum absolute atomic E-state index is 0.0213. The van der Waals surface area contributed by atoms with Gasteiger partial charge in [0.25, 0.3) is 0 Å². The van der Waals surface area contributed by atoms with Crippen molar-refractivity contribution < 1.29 is 9.53 Å². The molecule has 0 N–H and O–H groups in total. The van der Waals surface area contributed by atoms with E-state index in [0.29, 0.717) is 18.3 Å². The number of nitrogens with zero attached hydrogens (tertiary/aromatic N) is 2. The number of benzene rings is 1. The summed E-state index contributed by atoms with van der Waals surface area (Å²) >= 11 is 5.82. The van der Waals surface area contributed by atoms with Gasteiger partial charge in [0.2, 0.25) is 0 Å². The van der Waals surface area contributed by atoms with Crippen LogP contribution in [0.1, 0.15) is 30.0 Å². The second kappa shape index (κ2) is 6.79. The van der Waals surface area contributed by atoms with Gasteiger partial charge in [-0.15, -0.1) is 0 Å². The maximum absolute atomic E-state index is 12.3. The molecule has 1 aromatic carbocycles. The Kier molecular flexibility index (Phi) is 4.59. The molecule has 114 valence electrons. The smallest absolute Gasteiger partial charge is 0.410 e. The summed E-state index contributed by atoms with van der Waals surface area (Å²) in [4.78, 5) is 18.2. The molecule has 3 rings (SSSR count). The fourth-order valence-electron chi connectivity index (χ4n) is 2.72. The minimum atomic E-state index is -0.277. The molecule has 2 aromatic rings. The molecular formula is C17H17ClN2O2. The Labute approximate surface area is 134 Å². The van der Waals surface area contributed by atoms with Crippen molar-refractivity contribution in [1.29, 1.82) is 0 Å². The zero-order valence-electron chi connectivity index (χ0n) is 12.1. The quantitative estimate of drug-likeness (QED) is 0.797. The highest BCUT2D eigenvalue weighted by Gasteiger charge is 2.31. The Morgan fingerprint density at radius 1 is 1.27 bits per heavy atom. The largest absolute Gasteiger partial charge is 0.445 e. The molecule has 0 saturated carbocycles. The summed E-state index contributed by atoms with van der Waals surface area (Å²) in [7, 11) is 0. The molecule has 0 bridgehead atoms. The summed E-state index contributed by atoms with van der Waals surface area (Å²) in [5.74, 6) is 0. The highest BCUT2D eigenvalue weighted by Crippen LogP contribution is 2.32. The second-order valence-corrected chi connectivity index (χ2v) is 5.69. The SMILES string of the molecule is O=C(OCc1ccccc1)N1CCCC1c1ccc(Cl)nc1. The van der Waals surface area contributed by atoms with Crippen molar-refractivity contribution in [2.45, 2.75) is 25.5 Å². The Morgan fingerprint density at radius 2 is 2.09 bits per heavy atom. The summed E-state index contributed by atoms with van der Waals surface area (Å²) in [5, 5.41) is 0.458. The van der Waals surface area contributed by atoms with Crippen LogP contribution in [0.25, 0.3) is 0 Å². The minimum Gasteiger partial charge on any atom is -0.445 e. The topological polar surface area (TPSA) is 42.4 Å². The van der Waals surface area contributed by atoms with Gasteiger partial charge in [-0.2, -0.15) is 0 Å². The number of carbonyl (C=O) groups is 1. The lowest BCUT2D eigenvalue weighted by Gasteiger charge is -2.24. The van der Waals surface area contributed by atoms with Crippen LogP contribution in [0.3, 0.4) is 0 Å². The molecular weight excluding hydrogens is 300 g/mol. The van der Waals surface area contributed by atoms with E-state index < -0.39 is 0 Å². The molecule has 1 amide bonds. The van der Waals surface area contributed by atoms with Crippen molar-refractivity contribution in [3.63, 3.8) is 0 Å². The number of hydrogen-bond donors (Lipinski definition) is 0. The number of carbonyl (C=O) groups excluding carboxylic acids is 1. The van der Waals surface area contributed by atoms with Crippen LogP contribution in [-0.4, -0.2) is 22.5 Å². The van der Waals surface area contributed by atoms with Crippen molar-refractivity contribution >= 4 is 17.7 Å². The number of likely N-dealkylation sites (tertiary alicyclic amines) is 1. The van der Waals surface area contributed by atoms with E-state index in [1.54, 1.807) is 17.2 Å². The molecule has 1 aliphatic heterocycles. The van der Waals surface area contributed by atoms with Crippen molar-refractivity contribution in [3.05, 3.63) is 64.9 Å². The number of pyridine rings is 1. The van der Waals surface area contributed by atoms with E-state index in [0.717, 1.165) is 24.0 Å². The Hall–Kier alpha value is -2.07. The Morgan fingerprint density at radius 3 is 2.82 bits per heavy atom. The third-order valence-electron chi connectivity index (χ3n) is 3.83. The lowest BCUT2D eigenvalue weighted by atomic mass is 10.1. The predicted molar refractivity (Wildman–Crippen MR) is 84.6 cm³/mol. The van der Waals surface area contributed by atoms with E-state index >= 15 is 0 Å². The van der Waals surface area contributed by atoms with E-state index in [-0.39, 0.29) is 12.1 Å². The first-order valence-electron chi connectivity index (χ1n) is 7.33. The van der Waals surface area contributed by atoms with Crippen LogP contribution in [-0.2, 0) is 11.3 Å². The van der Waals surface area contributed by atoms with E-state index in [2.05, 4.69) is 4.98 Å². The maximum Gasteiger partial charge on any atom is 0.410 e. The molecule has 0 radical (unpaired) electrons. The van der Waals surface area contributed by atoms with Crippen LogP contribution >= 0.6 is 11.6 Å². The highest BCUT2D eigenvalue weighted by molar-refractivity contribution is 6.29. The maximum atomic E-state index is 12.3. The summed E-state index contributed by atoms with van der Waals surface area (Å²) < 4.78 is 5.43. The molecule has 1 aromatic heterocycles. The van der Waals surface area contributed by atoms with E-state index in [1.807, 2.05) is 36.4 Å². The van der Waals surface area contributed by atoms with Crippen molar-refractivity contribution in [3.8, 4) is 0 Å². The van der Waals surface area contributed by atoms with E-state index in [4.69, 9.17) is 16.3 Å². The van der Waals surface area contributed by atoms with Crippen LogP contribution < -0.4 is 0 Å². The summed E-state index contributed by atoms with van der Waals surface area (Å²) in [6, 6.07) is 13.4. The third-order valence-corrected chi connectivity index (χ3v) is 4.05. The van der Waals surface area contributed by atoms with Gasteiger partial charge in [0.05, 0.1) is 6.04 Å². The molecule has 2 heterocycles. The van der Waals surface area contributed by atoms with Gasteiger partial charge >= 0.3 is 6.09 Å². The van der Waals surface area contributed by atoms with Gasteiger partial charge in [-0.25, -0.2) is 9.78 Å². The van der Waals surface area contributed by atoms with Gasteiger partial charge in [0, 0.05) is 12.7 Å². The molecule has 0 aliphatic carbocycles. The highest BCUT2D eigenvalue weighted by atomic mass is 35.5. The number of amides is 1. The number of ether oxygens (including phenoxy) is 1. The fourth-order valence-corrected chi connectivity index (χ4v) is 2.83. The van der Waals surface area contributed by atoms with Crippen LogP contribution in [0.5, 0.6) is 0 Å². The monoisotopic (exact) mass is 316 g/mol. The zero-order valence-corrected chi connectivity index (χ0v) is 12.9. The number of rotatable bonds is 3. The molecule has 22 heavy (non-hydrogen) atoms. The lowest BCUT2D eigenvalue weighted by Crippen LogP contribution is -2.31. The molecule has 0 spiro atoms. The third kappa shape index (κ3) is 3.39. The Bertz CT molecular complexity index is 631. The van der Waals surface area contributed by atoms with Crippen LogP contribution in [0, 0.1) is 0 Å². The number of hydrogen-bond acceptors (Lipinski definition) is 3. The van der Waals surface area contributed by atoms with Crippen molar-refractivity contribution in [2.75, 3.05) is 6.54 Å². The van der Waals surface area contributed by atoms with Gasteiger partial charge in [-0.1, -0.05) is 48.0 Å². The predicted octanol–water partition coefficient (Wildman–Crippen LogP) is 4.21. The van der Waals surface area contributed by atoms with Crippen molar-refractivity contribution in [2.24, 2.45) is 0 Å². The summed E-state index contributed by atoms with van der Waals surface area (Å²) in [6.07, 6.45) is 3.34. The average Bonchev–Trinajstić information content (AvgIpc) is 3.04. The molecule has 1 aliphatic rings. The van der Waals surface area contributed by atoms with Crippen molar-refractivity contribution in [1.82, 2.24) is 9.88 Å². The first kappa shape index (κ1) is 14.9. The summed E-state index contributed by atoms with van der Waals surface area (Å²) in [6.45, 7) is 1.00. The average molecular weight is 317 g/mol. The van der Waals surface area contributed by atoms with E-state index in [9.17, 15) is 4.79 Å². The Balaban J connectivity index is 1.65. The molecule has 1 saturated heterocycles. The van der Waals surface area contributed by atoms with Crippen LogP contribution in [0.15, 0.2) is 48.7 Å². The second-order valence-electron chi connectivity index (χ2n) is 5.31. The lowest BCUT2D eigenvalue weighted by molar-refractivity contribution is 0.0920. The normalized spacial score (nSPS) is 17.5. The van der Waals surface area contributed by atoms with Gasteiger partial charge in [-0.3, -0.25) is 0 Å². The standard InChI is InChI=1S/C17H17ClN2O2/c18-16-9-8-14(11-19-16)15-7-4-10-20(15)17(21)22-12-13-5-2-1-3-6-13/h1-3,5-6,8-9,11,15H,4,7,10,12H2. The first-order chi connectivity index (χ1) is 10.7. The summed E-state index contributed by atoms with van der Waals surface area (Å²) in [5.41, 5.74) is 1.98. The van der Waals surface area contributed by atoms with Gasteiger partial charge in [-0.05, 0) is 30.0 Å². The van der Waals surface area contributed by atoms with Gasteiger partial charge in [0.15, 0.2) is 0 Å². The molecule has 1 atom stereocenters. The molecule has 4 nitrogen and oxygen atoms in total. The number of halogens is 1. The molecule has 1 fully saturated rings. The number of aromatic nitrogens is 1. The van der Waals surface area contributed by atoms with E-state index in [1.165, 1.54) is 0 Å². The van der Waals surface area contributed by atoms with Crippen LogP contribution in [0.2, 0.25) is 5.15 Å².